The van der Waals surface area contributed by atoms with Gasteiger partial charge in [-0.15, -0.1) is 0 Å². The Morgan fingerprint density at radius 1 is 0.188 bits per heavy atom. The summed E-state index contributed by atoms with van der Waals surface area (Å²) in [7, 11) is 0. The molecule has 0 nitrogen and oxygen atoms in total. The molecule has 0 bridgehead atoms. The third-order valence-corrected chi connectivity index (χ3v) is 10.2. The number of benzene rings is 10. The summed E-state index contributed by atoms with van der Waals surface area (Å²) in [5.74, 6) is 0. The summed E-state index contributed by atoms with van der Waals surface area (Å²) >= 11 is 0. The van der Waals surface area contributed by atoms with E-state index in [4.69, 9.17) is 0 Å². The van der Waals surface area contributed by atoms with E-state index in [0.717, 1.165) is 0 Å². The van der Waals surface area contributed by atoms with Gasteiger partial charge in [0.05, 0.1) is 0 Å². The zero-order valence-electron chi connectivity index (χ0n) is 26.3. The molecule has 0 atom stereocenters. The molecule has 0 N–H and O–H groups in total. The average molecular weight is 607 g/mol. The van der Waals surface area contributed by atoms with E-state index in [1.807, 2.05) is 0 Å². The van der Waals surface area contributed by atoms with Crippen LogP contribution in [0, 0.1) is 0 Å². The van der Waals surface area contributed by atoms with E-state index < -0.39 is 0 Å². The summed E-state index contributed by atoms with van der Waals surface area (Å²) in [5.41, 5.74) is 7.49. The standard InChI is InChI=1S/C48H30/c1-2-12-31(13-3-1)44-26-32-14-4-5-15-33(32)27-46(44)36-23-25-43-42-24-22-35(29-47(42)40-20-10-11-21-41(40)48(43)30-36)45-28-34-16-6-7-17-37(34)38-18-8-9-19-39(38)45/h1-30H. The molecule has 0 heterocycles. The van der Waals surface area contributed by atoms with Crippen molar-refractivity contribution >= 4 is 64.6 Å². The maximum atomic E-state index is 2.42. The van der Waals surface area contributed by atoms with Crippen molar-refractivity contribution in [3.05, 3.63) is 182 Å². The third kappa shape index (κ3) is 4.16. The van der Waals surface area contributed by atoms with E-state index >= 15 is 0 Å². The third-order valence-electron chi connectivity index (χ3n) is 10.2. The van der Waals surface area contributed by atoms with Crippen molar-refractivity contribution in [3.8, 4) is 33.4 Å². The Balaban J connectivity index is 1.22. The molecule has 222 valence electrons. The summed E-state index contributed by atoms with van der Waals surface area (Å²) in [6.07, 6.45) is 0. The molecule has 0 unspecified atom stereocenters. The normalized spacial score (nSPS) is 11.8. The molecular weight excluding hydrogens is 577 g/mol. The fraction of sp³-hybridized carbons (Fsp3) is 0. The molecule has 0 heteroatoms. The minimum absolute atomic E-state index is 1.23. The first-order valence-corrected chi connectivity index (χ1v) is 16.7. The zero-order valence-corrected chi connectivity index (χ0v) is 26.3. The molecule has 10 rings (SSSR count). The lowest BCUT2D eigenvalue weighted by atomic mass is 9.87. The second-order valence-corrected chi connectivity index (χ2v) is 12.9. The first-order chi connectivity index (χ1) is 23.8. The first-order valence-electron chi connectivity index (χ1n) is 16.7. The SMILES string of the molecule is c1ccc(-c2cc3ccccc3cc2-c2ccc3c4ccc(-c5cc6ccccc6c6ccccc56)cc4c4ccccc4c3c2)cc1. The number of rotatable bonds is 3. The van der Waals surface area contributed by atoms with E-state index in [2.05, 4.69) is 182 Å². The molecule has 0 amide bonds. The molecule has 0 fully saturated rings. The number of hydrogen-bond acceptors (Lipinski definition) is 0. The number of fused-ring (bicyclic) bond motifs is 10. The molecule has 48 heavy (non-hydrogen) atoms. The van der Waals surface area contributed by atoms with Crippen LogP contribution in [0.25, 0.3) is 98.0 Å². The lowest BCUT2D eigenvalue weighted by molar-refractivity contribution is 1.62. The molecule has 0 aromatic heterocycles. The van der Waals surface area contributed by atoms with Gasteiger partial charge in [0.2, 0.25) is 0 Å². The molecule has 10 aromatic carbocycles. The van der Waals surface area contributed by atoms with Crippen LogP contribution in [0.5, 0.6) is 0 Å². The van der Waals surface area contributed by atoms with Crippen LogP contribution in [0.4, 0.5) is 0 Å². The van der Waals surface area contributed by atoms with Crippen molar-refractivity contribution in [3.63, 3.8) is 0 Å². The highest BCUT2D eigenvalue weighted by Crippen LogP contribution is 2.43. The minimum atomic E-state index is 1.23. The monoisotopic (exact) mass is 606 g/mol. The van der Waals surface area contributed by atoms with Crippen LogP contribution in [0.2, 0.25) is 0 Å². The van der Waals surface area contributed by atoms with Crippen molar-refractivity contribution in [2.24, 2.45) is 0 Å². The van der Waals surface area contributed by atoms with Crippen LogP contribution in [0.1, 0.15) is 0 Å². The highest BCUT2D eigenvalue weighted by Gasteiger charge is 2.15. The van der Waals surface area contributed by atoms with Gasteiger partial charge in [-0.2, -0.15) is 0 Å². The maximum absolute atomic E-state index is 2.42. The predicted octanol–water partition coefficient (Wildman–Crippen LogP) is 13.6. The van der Waals surface area contributed by atoms with E-state index in [1.54, 1.807) is 0 Å². The molecule has 0 aliphatic heterocycles. The molecule has 0 saturated carbocycles. The van der Waals surface area contributed by atoms with E-state index in [0.29, 0.717) is 0 Å². The lowest BCUT2D eigenvalue weighted by Gasteiger charge is -2.16. The van der Waals surface area contributed by atoms with Gasteiger partial charge in [0, 0.05) is 0 Å². The maximum Gasteiger partial charge on any atom is -0.00928 e. The van der Waals surface area contributed by atoms with Gasteiger partial charge < -0.3 is 0 Å². The van der Waals surface area contributed by atoms with Gasteiger partial charge in [0.15, 0.2) is 0 Å². The minimum Gasteiger partial charge on any atom is -0.0622 e. The van der Waals surface area contributed by atoms with Crippen molar-refractivity contribution in [2.45, 2.75) is 0 Å². The molecular formula is C48H30. The van der Waals surface area contributed by atoms with Crippen LogP contribution < -0.4 is 0 Å². The smallest absolute Gasteiger partial charge is 0.00928 e. The average Bonchev–Trinajstić information content (AvgIpc) is 3.17. The van der Waals surface area contributed by atoms with Gasteiger partial charge in [-0.25, -0.2) is 0 Å². The molecule has 0 aliphatic rings. The Bertz CT molecular complexity index is 2860. The topological polar surface area (TPSA) is 0 Å². The molecule has 0 spiro atoms. The highest BCUT2D eigenvalue weighted by molar-refractivity contribution is 6.27. The van der Waals surface area contributed by atoms with E-state index in [1.165, 1.54) is 98.0 Å². The van der Waals surface area contributed by atoms with Crippen molar-refractivity contribution in [1.82, 2.24) is 0 Å². The molecule has 10 aromatic rings. The summed E-state index contributed by atoms with van der Waals surface area (Å²) < 4.78 is 0. The fourth-order valence-electron chi connectivity index (χ4n) is 7.92. The first kappa shape index (κ1) is 26.9. The van der Waals surface area contributed by atoms with Gasteiger partial charge in [-0.05, 0) is 128 Å². The second-order valence-electron chi connectivity index (χ2n) is 12.9. The van der Waals surface area contributed by atoms with Crippen molar-refractivity contribution < 1.29 is 0 Å². The predicted molar refractivity (Wildman–Crippen MR) is 208 cm³/mol. The van der Waals surface area contributed by atoms with Crippen LogP contribution in [-0.2, 0) is 0 Å². The zero-order chi connectivity index (χ0) is 31.6. The highest BCUT2D eigenvalue weighted by atomic mass is 14.2. The second kappa shape index (κ2) is 10.7. The van der Waals surface area contributed by atoms with Crippen molar-refractivity contribution in [2.75, 3.05) is 0 Å². The number of hydrogen-bond donors (Lipinski definition) is 0. The molecule has 0 saturated heterocycles. The summed E-state index contributed by atoms with van der Waals surface area (Å²) in [4.78, 5) is 0. The fourth-order valence-corrected chi connectivity index (χ4v) is 7.92. The van der Waals surface area contributed by atoms with Crippen LogP contribution >= 0.6 is 0 Å². The quantitative estimate of drug-likeness (QED) is 0.176. The molecule has 0 aliphatic carbocycles. The summed E-state index contributed by atoms with van der Waals surface area (Å²) in [6, 6.07) is 67.1. The summed E-state index contributed by atoms with van der Waals surface area (Å²) in [5, 5.41) is 15.4. The molecule has 0 radical (unpaired) electrons. The van der Waals surface area contributed by atoms with Gasteiger partial charge in [0.1, 0.15) is 0 Å². The van der Waals surface area contributed by atoms with Crippen LogP contribution in [0.15, 0.2) is 182 Å². The van der Waals surface area contributed by atoms with Gasteiger partial charge >= 0.3 is 0 Å². The lowest BCUT2D eigenvalue weighted by Crippen LogP contribution is -1.89. The van der Waals surface area contributed by atoms with E-state index in [9.17, 15) is 0 Å². The van der Waals surface area contributed by atoms with Crippen LogP contribution in [-0.4, -0.2) is 0 Å². The Labute approximate surface area is 279 Å². The Kier molecular flexibility index (Phi) is 5.98. The van der Waals surface area contributed by atoms with E-state index in [-0.39, 0.29) is 0 Å². The van der Waals surface area contributed by atoms with Gasteiger partial charge in [0.25, 0.3) is 0 Å². The van der Waals surface area contributed by atoms with Crippen molar-refractivity contribution in [1.29, 1.82) is 0 Å². The Hall–Kier alpha value is -6.24. The Morgan fingerprint density at radius 3 is 1.19 bits per heavy atom. The summed E-state index contributed by atoms with van der Waals surface area (Å²) in [6.45, 7) is 0. The van der Waals surface area contributed by atoms with Crippen LogP contribution in [0.3, 0.4) is 0 Å². The van der Waals surface area contributed by atoms with Gasteiger partial charge in [-0.3, -0.25) is 0 Å². The van der Waals surface area contributed by atoms with Gasteiger partial charge in [-0.1, -0.05) is 152 Å². The Morgan fingerprint density at radius 2 is 0.583 bits per heavy atom. The largest absolute Gasteiger partial charge is 0.0622 e.